The molecule has 1 aliphatic carbocycles. The number of carbonyl (C=O) groups is 2. The van der Waals surface area contributed by atoms with E-state index in [1.807, 2.05) is 20.8 Å². The first-order chi connectivity index (χ1) is 16.7. The van der Waals surface area contributed by atoms with Crippen LogP contribution in [0.5, 0.6) is 0 Å². The molecule has 1 aromatic rings. The Balaban J connectivity index is 1.66. The lowest BCUT2D eigenvalue weighted by Gasteiger charge is -2.38. The minimum Gasteiger partial charge on any atom is -0.444 e. The van der Waals surface area contributed by atoms with Gasteiger partial charge in [0.05, 0.1) is 17.8 Å². The van der Waals surface area contributed by atoms with Crippen LogP contribution in [-0.2, 0) is 15.2 Å². The van der Waals surface area contributed by atoms with Crippen LogP contribution in [0.2, 0.25) is 0 Å². The van der Waals surface area contributed by atoms with Gasteiger partial charge in [0.15, 0.2) is 5.67 Å². The number of nitrogens with one attached hydrogen (secondary N) is 3. The van der Waals surface area contributed by atoms with Gasteiger partial charge in [-0.05, 0) is 78.2 Å². The van der Waals surface area contributed by atoms with Crippen molar-refractivity contribution in [3.8, 4) is 0 Å². The van der Waals surface area contributed by atoms with E-state index in [9.17, 15) is 9.59 Å². The van der Waals surface area contributed by atoms with Gasteiger partial charge in [-0.25, -0.2) is 9.18 Å². The average Bonchev–Trinajstić information content (AvgIpc) is 2.76. The predicted molar refractivity (Wildman–Crippen MR) is 141 cm³/mol. The number of halogens is 1. The summed E-state index contributed by atoms with van der Waals surface area (Å²) in [5.41, 5.74) is -0.499. The molecule has 0 spiro atoms. The Hall–Kier alpha value is -3.42. The highest BCUT2D eigenvalue weighted by molar-refractivity contribution is 6.28. The highest BCUT2D eigenvalue weighted by Gasteiger charge is 2.40. The molecule has 1 atom stereocenters. The number of piperidine rings is 1. The number of hydrogen-bond acceptors (Lipinski definition) is 5. The Bertz CT molecular complexity index is 1110. The molecule has 8 heteroatoms. The van der Waals surface area contributed by atoms with Crippen LogP contribution in [-0.4, -0.2) is 46.8 Å². The lowest BCUT2D eigenvalue weighted by atomic mass is 9.87. The highest BCUT2D eigenvalue weighted by Crippen LogP contribution is 2.36. The first kappa shape index (κ1) is 27.2. The molecule has 3 N–H and O–H groups in total. The number of carbonyl (C=O) groups excluding carboxylic acids is 2. The molecule has 7 nitrogen and oxygen atoms in total. The van der Waals surface area contributed by atoms with Gasteiger partial charge < -0.3 is 20.3 Å². The number of benzene rings is 1. The Labute approximate surface area is 213 Å². The van der Waals surface area contributed by atoms with Crippen molar-refractivity contribution in [2.24, 2.45) is 0 Å². The number of anilines is 1. The number of hydrogen-bond donors (Lipinski definition) is 3. The zero-order valence-electron chi connectivity index (χ0n) is 22.0. The molecular formula is C28H37FN4O3. The van der Waals surface area contributed by atoms with E-state index in [0.29, 0.717) is 41.8 Å². The molecule has 1 fully saturated rings. The van der Waals surface area contributed by atoms with Crippen LogP contribution in [0, 0.1) is 5.41 Å². The maximum Gasteiger partial charge on any atom is 0.410 e. The topological polar surface area (TPSA) is 94.5 Å². The lowest BCUT2D eigenvalue weighted by Crippen LogP contribution is -2.48. The van der Waals surface area contributed by atoms with Gasteiger partial charge in [-0.3, -0.25) is 10.2 Å². The van der Waals surface area contributed by atoms with E-state index in [1.54, 1.807) is 69.5 Å². The third kappa shape index (κ3) is 7.06. The van der Waals surface area contributed by atoms with Gasteiger partial charge in [-0.2, -0.15) is 0 Å². The third-order valence-corrected chi connectivity index (χ3v) is 5.72. The van der Waals surface area contributed by atoms with Crippen molar-refractivity contribution in [3.05, 3.63) is 65.4 Å². The summed E-state index contributed by atoms with van der Waals surface area (Å²) in [6, 6.07) is 6.95. The quantitative estimate of drug-likeness (QED) is 0.505. The lowest BCUT2D eigenvalue weighted by molar-refractivity contribution is -0.118. The number of nitrogens with zero attached hydrogens (tertiary/aromatic N) is 1. The van der Waals surface area contributed by atoms with Crippen molar-refractivity contribution in [2.45, 2.75) is 71.2 Å². The van der Waals surface area contributed by atoms with E-state index in [2.05, 4.69) is 10.6 Å². The molecule has 1 saturated heterocycles. The number of ether oxygens (including phenoxy) is 1. The summed E-state index contributed by atoms with van der Waals surface area (Å²) in [4.78, 5) is 26.4. The van der Waals surface area contributed by atoms with Gasteiger partial charge >= 0.3 is 6.09 Å². The summed E-state index contributed by atoms with van der Waals surface area (Å²) in [6.07, 6.45) is 7.15. The molecule has 0 bridgehead atoms. The van der Waals surface area contributed by atoms with Gasteiger partial charge in [0.25, 0.3) is 5.91 Å². The molecule has 2 aliphatic rings. The number of allylic oxidation sites excluding steroid dienone is 4. The zero-order chi connectivity index (χ0) is 26.7. The molecule has 1 unspecified atom stereocenters. The maximum absolute atomic E-state index is 15.9. The molecule has 1 heterocycles. The fourth-order valence-electron chi connectivity index (χ4n) is 4.04. The van der Waals surface area contributed by atoms with E-state index < -0.39 is 22.9 Å². The molecular weight excluding hydrogens is 459 g/mol. The van der Waals surface area contributed by atoms with Crippen LogP contribution in [0.1, 0.15) is 59.9 Å². The monoisotopic (exact) mass is 496 g/mol. The summed E-state index contributed by atoms with van der Waals surface area (Å²) in [6.45, 7) is 11.5. The summed E-state index contributed by atoms with van der Waals surface area (Å²) < 4.78 is 21.3. The van der Waals surface area contributed by atoms with Gasteiger partial charge in [-0.15, -0.1) is 0 Å². The number of alkyl halides is 1. The Morgan fingerprint density at radius 1 is 1.14 bits per heavy atom. The smallest absolute Gasteiger partial charge is 0.410 e. The molecule has 194 valence electrons. The molecule has 0 radical (unpaired) electrons. The van der Waals surface area contributed by atoms with Gasteiger partial charge in [-0.1, -0.05) is 24.3 Å². The van der Waals surface area contributed by atoms with Crippen molar-refractivity contribution in [3.63, 3.8) is 0 Å². The van der Waals surface area contributed by atoms with Gasteiger partial charge in [0, 0.05) is 29.5 Å². The Morgan fingerprint density at radius 2 is 1.81 bits per heavy atom. The average molecular weight is 497 g/mol. The first-order valence-electron chi connectivity index (χ1n) is 12.2. The molecule has 3 rings (SSSR count). The molecule has 2 amide bonds. The van der Waals surface area contributed by atoms with E-state index in [-0.39, 0.29) is 18.2 Å². The van der Waals surface area contributed by atoms with Gasteiger partial charge in [0.1, 0.15) is 5.60 Å². The minimum atomic E-state index is -1.65. The molecule has 36 heavy (non-hydrogen) atoms. The van der Waals surface area contributed by atoms with Crippen molar-refractivity contribution < 1.29 is 18.7 Å². The van der Waals surface area contributed by atoms with Crippen LogP contribution in [0.3, 0.4) is 0 Å². The number of likely N-dealkylation sites (tertiary alicyclic amines) is 1. The normalized spacial score (nSPS) is 21.8. The van der Waals surface area contributed by atoms with E-state index in [0.717, 1.165) is 0 Å². The Kier molecular flexibility index (Phi) is 7.76. The predicted octanol–water partition coefficient (Wildman–Crippen LogP) is 5.61. The minimum absolute atomic E-state index is 0.0492. The second-order valence-electron chi connectivity index (χ2n) is 11.3. The van der Waals surface area contributed by atoms with E-state index in [4.69, 9.17) is 10.1 Å². The van der Waals surface area contributed by atoms with Crippen molar-refractivity contribution in [1.29, 1.82) is 5.41 Å². The van der Waals surface area contributed by atoms with Gasteiger partial charge in [0.2, 0.25) is 0 Å². The SMILES string of the molecule is CC(C)(C)NC(=O)C1=CC=C/C(=C/Nc2ccc(C3(F)CCCN(C(=O)OC(C)(C)C)C3)cc2)C1=N. The highest BCUT2D eigenvalue weighted by atomic mass is 19.1. The van der Waals surface area contributed by atoms with Crippen LogP contribution in [0.4, 0.5) is 14.9 Å². The molecule has 1 aromatic carbocycles. The number of rotatable bonds is 4. The van der Waals surface area contributed by atoms with Crippen LogP contribution < -0.4 is 10.6 Å². The van der Waals surface area contributed by atoms with Crippen molar-refractivity contribution >= 4 is 23.4 Å². The standard InChI is InChI=1S/C28H37FN4O3/c1-26(2,3)32-24(34)22-10-7-9-19(23(22)30)17-31-21-13-11-20(12-14-21)28(29)15-8-16-33(18-28)25(35)36-27(4,5)6/h7,9-14,17,30-31H,8,15-16,18H2,1-6H3,(H,32,34)/b19-17-,30-23?. The van der Waals surface area contributed by atoms with Crippen molar-refractivity contribution in [1.82, 2.24) is 10.2 Å². The first-order valence-corrected chi connectivity index (χ1v) is 12.2. The van der Waals surface area contributed by atoms with E-state index >= 15 is 4.39 Å². The summed E-state index contributed by atoms with van der Waals surface area (Å²) >= 11 is 0. The van der Waals surface area contributed by atoms with Crippen LogP contribution in [0.25, 0.3) is 0 Å². The molecule has 1 aliphatic heterocycles. The maximum atomic E-state index is 15.9. The second-order valence-corrected chi connectivity index (χ2v) is 11.3. The molecule has 0 aromatic heterocycles. The van der Waals surface area contributed by atoms with E-state index in [1.165, 1.54) is 4.90 Å². The fourth-order valence-corrected chi connectivity index (χ4v) is 4.04. The number of amides is 2. The Morgan fingerprint density at radius 3 is 2.42 bits per heavy atom. The second kappa shape index (κ2) is 10.3. The summed E-state index contributed by atoms with van der Waals surface area (Å²) in [5, 5.41) is 14.4. The van der Waals surface area contributed by atoms with Crippen molar-refractivity contribution in [2.75, 3.05) is 18.4 Å². The fraction of sp³-hybridized carbons (Fsp3) is 0.464. The third-order valence-electron chi connectivity index (χ3n) is 5.72. The van der Waals surface area contributed by atoms with Crippen LogP contribution >= 0.6 is 0 Å². The van der Waals surface area contributed by atoms with Crippen LogP contribution in [0.15, 0.2) is 59.8 Å². The molecule has 0 saturated carbocycles. The largest absolute Gasteiger partial charge is 0.444 e. The summed E-state index contributed by atoms with van der Waals surface area (Å²) in [7, 11) is 0. The summed E-state index contributed by atoms with van der Waals surface area (Å²) in [5.74, 6) is -0.298. The zero-order valence-corrected chi connectivity index (χ0v) is 22.0.